The molecule has 1 rings (SSSR count). The third kappa shape index (κ3) is 5.79. The highest BCUT2D eigenvalue weighted by Gasteiger charge is 2.03. The minimum absolute atomic E-state index is 0.189. The van der Waals surface area contributed by atoms with E-state index in [9.17, 15) is 9.18 Å². The van der Waals surface area contributed by atoms with Crippen LogP contribution in [0.25, 0.3) is 0 Å². The number of hydrogen-bond acceptors (Lipinski definition) is 2. The summed E-state index contributed by atoms with van der Waals surface area (Å²) >= 11 is 3.25. The van der Waals surface area contributed by atoms with E-state index in [-0.39, 0.29) is 11.7 Å². The van der Waals surface area contributed by atoms with Crippen molar-refractivity contribution in [1.29, 1.82) is 0 Å². The molecule has 1 aromatic rings. The van der Waals surface area contributed by atoms with Crippen molar-refractivity contribution in [2.45, 2.75) is 6.42 Å². The minimum atomic E-state index is -0.343. The number of amides is 1. The first-order valence-electron chi connectivity index (χ1n) is 5.41. The SMILES string of the molecule is O=C(NCCCOCCBr)c1ccc(F)cc1. The zero-order valence-corrected chi connectivity index (χ0v) is 11.0. The molecule has 1 aromatic carbocycles. The molecule has 1 amide bonds. The summed E-state index contributed by atoms with van der Waals surface area (Å²) in [4.78, 5) is 11.6. The number of carbonyl (C=O) groups excluding carboxylic acids is 1. The molecular weight excluding hydrogens is 289 g/mol. The molecule has 0 saturated heterocycles. The average Bonchev–Trinajstić information content (AvgIpc) is 2.34. The highest BCUT2D eigenvalue weighted by molar-refractivity contribution is 9.09. The Morgan fingerprint density at radius 3 is 2.65 bits per heavy atom. The molecule has 0 fully saturated rings. The topological polar surface area (TPSA) is 38.3 Å². The Labute approximate surface area is 108 Å². The second-order valence-corrected chi connectivity index (χ2v) is 4.21. The number of halogens is 2. The van der Waals surface area contributed by atoms with E-state index in [4.69, 9.17) is 4.74 Å². The molecule has 3 nitrogen and oxygen atoms in total. The van der Waals surface area contributed by atoms with Crippen molar-refractivity contribution in [3.8, 4) is 0 Å². The van der Waals surface area contributed by atoms with E-state index < -0.39 is 0 Å². The van der Waals surface area contributed by atoms with Crippen LogP contribution in [-0.4, -0.2) is 31.0 Å². The number of ether oxygens (including phenoxy) is 1. The Morgan fingerprint density at radius 2 is 2.00 bits per heavy atom. The van der Waals surface area contributed by atoms with Gasteiger partial charge in [0.1, 0.15) is 5.82 Å². The lowest BCUT2D eigenvalue weighted by molar-refractivity contribution is 0.0944. The summed E-state index contributed by atoms with van der Waals surface area (Å²) in [6.07, 6.45) is 0.764. The van der Waals surface area contributed by atoms with Gasteiger partial charge in [0.15, 0.2) is 0 Å². The summed E-state index contributed by atoms with van der Waals surface area (Å²) in [5.74, 6) is -0.532. The van der Waals surface area contributed by atoms with Crippen LogP contribution in [0, 0.1) is 5.82 Å². The highest BCUT2D eigenvalue weighted by atomic mass is 79.9. The van der Waals surface area contributed by atoms with Gasteiger partial charge in [-0.3, -0.25) is 4.79 Å². The van der Waals surface area contributed by atoms with E-state index in [1.54, 1.807) is 0 Å². The fourth-order valence-corrected chi connectivity index (χ4v) is 1.47. The maximum absolute atomic E-state index is 12.6. The molecule has 0 aliphatic rings. The second-order valence-electron chi connectivity index (χ2n) is 3.42. The van der Waals surface area contributed by atoms with Gasteiger partial charge in [0.2, 0.25) is 0 Å². The van der Waals surface area contributed by atoms with Gasteiger partial charge in [-0.25, -0.2) is 4.39 Å². The van der Waals surface area contributed by atoms with Crippen LogP contribution in [0.1, 0.15) is 16.8 Å². The Balaban J connectivity index is 2.19. The van der Waals surface area contributed by atoms with Crippen molar-refractivity contribution in [2.24, 2.45) is 0 Å². The Hall–Kier alpha value is -0.940. The van der Waals surface area contributed by atoms with Crippen LogP contribution in [0.2, 0.25) is 0 Å². The van der Waals surface area contributed by atoms with E-state index in [0.29, 0.717) is 25.3 Å². The second kappa shape index (κ2) is 8.20. The Bertz CT molecular complexity index is 343. The molecule has 17 heavy (non-hydrogen) atoms. The fourth-order valence-electron chi connectivity index (χ4n) is 1.24. The molecule has 0 heterocycles. The van der Waals surface area contributed by atoms with Crippen LogP contribution in [0.15, 0.2) is 24.3 Å². The standard InChI is InChI=1S/C12H15BrFNO2/c13-6-9-17-8-1-7-15-12(16)10-2-4-11(14)5-3-10/h2-5H,1,6-9H2,(H,15,16). The largest absolute Gasteiger partial charge is 0.381 e. The fraction of sp³-hybridized carbons (Fsp3) is 0.417. The number of rotatable bonds is 7. The maximum Gasteiger partial charge on any atom is 0.251 e. The smallest absolute Gasteiger partial charge is 0.251 e. The van der Waals surface area contributed by atoms with Crippen LogP contribution in [-0.2, 0) is 4.74 Å². The summed E-state index contributed by atoms with van der Waals surface area (Å²) < 4.78 is 17.9. The summed E-state index contributed by atoms with van der Waals surface area (Å²) in [5.41, 5.74) is 0.466. The van der Waals surface area contributed by atoms with Crippen molar-refractivity contribution >= 4 is 21.8 Å². The summed E-state index contributed by atoms with van der Waals surface area (Å²) in [6.45, 7) is 1.85. The van der Waals surface area contributed by atoms with Gasteiger partial charge in [-0.05, 0) is 30.7 Å². The number of alkyl halides is 1. The number of nitrogens with one attached hydrogen (secondary N) is 1. The first-order valence-corrected chi connectivity index (χ1v) is 6.53. The van der Waals surface area contributed by atoms with E-state index in [1.807, 2.05) is 0 Å². The van der Waals surface area contributed by atoms with Crippen molar-refractivity contribution in [2.75, 3.05) is 25.1 Å². The number of carbonyl (C=O) groups is 1. The van der Waals surface area contributed by atoms with Crippen molar-refractivity contribution in [3.05, 3.63) is 35.6 Å². The van der Waals surface area contributed by atoms with E-state index in [2.05, 4.69) is 21.2 Å². The van der Waals surface area contributed by atoms with Crippen molar-refractivity contribution in [1.82, 2.24) is 5.32 Å². The van der Waals surface area contributed by atoms with E-state index in [1.165, 1.54) is 24.3 Å². The molecule has 1 N–H and O–H groups in total. The molecule has 0 spiro atoms. The summed E-state index contributed by atoms with van der Waals surface area (Å²) in [7, 11) is 0. The van der Waals surface area contributed by atoms with Gasteiger partial charge in [-0.15, -0.1) is 0 Å². The Morgan fingerprint density at radius 1 is 1.29 bits per heavy atom. The van der Waals surface area contributed by atoms with Crippen LogP contribution in [0.5, 0.6) is 0 Å². The first-order chi connectivity index (χ1) is 8.24. The quantitative estimate of drug-likeness (QED) is 0.620. The van der Waals surface area contributed by atoms with Gasteiger partial charge in [0.05, 0.1) is 6.61 Å². The number of benzene rings is 1. The molecule has 5 heteroatoms. The van der Waals surface area contributed by atoms with Gasteiger partial charge >= 0.3 is 0 Å². The van der Waals surface area contributed by atoms with Crippen LogP contribution >= 0.6 is 15.9 Å². The average molecular weight is 304 g/mol. The molecule has 0 aromatic heterocycles. The molecule has 0 aliphatic heterocycles. The summed E-state index contributed by atoms with van der Waals surface area (Å²) in [6, 6.07) is 5.47. The molecule has 0 aliphatic carbocycles. The third-order valence-corrected chi connectivity index (χ3v) is 2.40. The Kier molecular flexibility index (Phi) is 6.81. The molecule has 0 saturated carbocycles. The molecular formula is C12H15BrFNO2. The zero-order valence-electron chi connectivity index (χ0n) is 9.42. The van der Waals surface area contributed by atoms with Crippen molar-refractivity contribution in [3.63, 3.8) is 0 Å². The van der Waals surface area contributed by atoms with Gasteiger partial charge in [0, 0.05) is 24.0 Å². The molecule has 0 bridgehead atoms. The van der Waals surface area contributed by atoms with Crippen LogP contribution in [0.3, 0.4) is 0 Å². The predicted molar refractivity (Wildman–Crippen MR) is 68.0 cm³/mol. The minimum Gasteiger partial charge on any atom is -0.381 e. The predicted octanol–water partition coefficient (Wildman–Crippen LogP) is 2.36. The first kappa shape index (κ1) is 14.1. The van der Waals surface area contributed by atoms with E-state index in [0.717, 1.165) is 11.8 Å². The normalized spacial score (nSPS) is 10.2. The maximum atomic E-state index is 12.6. The van der Waals surface area contributed by atoms with Gasteiger partial charge in [-0.1, -0.05) is 15.9 Å². The van der Waals surface area contributed by atoms with Crippen LogP contribution < -0.4 is 5.32 Å². The lowest BCUT2D eigenvalue weighted by Gasteiger charge is -2.05. The molecule has 0 unspecified atom stereocenters. The number of hydrogen-bond donors (Lipinski definition) is 1. The monoisotopic (exact) mass is 303 g/mol. The van der Waals surface area contributed by atoms with E-state index >= 15 is 0 Å². The van der Waals surface area contributed by atoms with Gasteiger partial charge in [0.25, 0.3) is 5.91 Å². The zero-order chi connectivity index (χ0) is 12.5. The third-order valence-electron chi connectivity index (χ3n) is 2.08. The molecule has 0 radical (unpaired) electrons. The van der Waals surface area contributed by atoms with Gasteiger partial charge in [-0.2, -0.15) is 0 Å². The summed E-state index contributed by atoms with van der Waals surface area (Å²) in [5, 5.41) is 3.56. The molecule has 0 atom stereocenters. The highest BCUT2D eigenvalue weighted by Crippen LogP contribution is 2.02. The molecule has 94 valence electrons. The van der Waals surface area contributed by atoms with Crippen molar-refractivity contribution < 1.29 is 13.9 Å². The van der Waals surface area contributed by atoms with Crippen LogP contribution in [0.4, 0.5) is 4.39 Å². The lowest BCUT2D eigenvalue weighted by Crippen LogP contribution is -2.25. The lowest BCUT2D eigenvalue weighted by atomic mass is 10.2. The van der Waals surface area contributed by atoms with Gasteiger partial charge < -0.3 is 10.1 Å².